The Labute approximate surface area is 168 Å². The minimum atomic E-state index is 0.0178. The predicted octanol–water partition coefficient (Wildman–Crippen LogP) is 2.30. The molecule has 1 saturated heterocycles. The molecule has 7 heteroatoms. The first-order valence-electron chi connectivity index (χ1n) is 9.85. The fraction of sp³-hybridized carbons (Fsp3) is 0.650. The molecule has 1 aliphatic rings. The van der Waals surface area contributed by atoms with Gasteiger partial charge in [-0.3, -0.25) is 9.89 Å². The molecule has 1 aromatic rings. The van der Waals surface area contributed by atoms with Crippen LogP contribution in [0.4, 0.5) is 0 Å². The highest BCUT2D eigenvalue weighted by molar-refractivity contribution is 6.30. The van der Waals surface area contributed by atoms with E-state index < -0.39 is 0 Å². The van der Waals surface area contributed by atoms with Gasteiger partial charge in [0.1, 0.15) is 11.9 Å². The van der Waals surface area contributed by atoms with Crippen LogP contribution in [0.25, 0.3) is 0 Å². The fourth-order valence-corrected chi connectivity index (χ4v) is 3.27. The summed E-state index contributed by atoms with van der Waals surface area (Å²) in [6.07, 6.45) is 0.0178. The molecule has 0 aromatic heterocycles. The first-order chi connectivity index (χ1) is 13.0. The molecule has 27 heavy (non-hydrogen) atoms. The number of ether oxygens (including phenoxy) is 1. The van der Waals surface area contributed by atoms with Crippen LogP contribution >= 0.6 is 11.6 Å². The van der Waals surface area contributed by atoms with Gasteiger partial charge in [-0.2, -0.15) is 0 Å². The quantitative estimate of drug-likeness (QED) is 0.522. The third-order valence-corrected chi connectivity index (χ3v) is 5.23. The molecule has 0 spiro atoms. The lowest BCUT2D eigenvalue weighted by molar-refractivity contribution is 0.107. The maximum absolute atomic E-state index is 5.90. The summed E-state index contributed by atoms with van der Waals surface area (Å²) in [4.78, 5) is 9.36. The second-order valence-corrected chi connectivity index (χ2v) is 7.47. The van der Waals surface area contributed by atoms with Gasteiger partial charge >= 0.3 is 0 Å². The summed E-state index contributed by atoms with van der Waals surface area (Å²) >= 11 is 5.90. The number of piperazine rings is 1. The van der Waals surface area contributed by atoms with Gasteiger partial charge < -0.3 is 20.3 Å². The fourth-order valence-electron chi connectivity index (χ4n) is 3.14. The number of nitrogens with zero attached hydrogens (tertiary/aromatic N) is 3. The largest absolute Gasteiger partial charge is 0.489 e. The van der Waals surface area contributed by atoms with Crippen molar-refractivity contribution in [2.24, 2.45) is 4.99 Å². The van der Waals surface area contributed by atoms with E-state index in [-0.39, 0.29) is 6.10 Å². The minimum absolute atomic E-state index is 0.0178. The second-order valence-electron chi connectivity index (χ2n) is 7.04. The summed E-state index contributed by atoms with van der Waals surface area (Å²) in [5.41, 5.74) is 0. The first kappa shape index (κ1) is 21.8. The van der Waals surface area contributed by atoms with Crippen LogP contribution < -0.4 is 15.4 Å². The number of hydrogen-bond donors (Lipinski definition) is 2. The molecule has 0 amide bonds. The Balaban J connectivity index is 1.68. The number of aliphatic imine (C=N–C) groups is 1. The van der Waals surface area contributed by atoms with E-state index in [2.05, 4.69) is 39.3 Å². The van der Waals surface area contributed by atoms with Crippen LogP contribution in [0, 0.1) is 0 Å². The van der Waals surface area contributed by atoms with Crippen molar-refractivity contribution in [2.75, 3.05) is 52.9 Å². The zero-order valence-corrected chi connectivity index (χ0v) is 17.8. The number of guanidine groups is 1. The monoisotopic (exact) mass is 395 g/mol. The molecule has 2 N–H and O–H groups in total. The molecule has 1 aromatic carbocycles. The Morgan fingerprint density at radius 2 is 1.74 bits per heavy atom. The molecule has 152 valence electrons. The molecule has 0 bridgehead atoms. The van der Waals surface area contributed by atoms with Crippen molar-refractivity contribution in [1.82, 2.24) is 20.4 Å². The van der Waals surface area contributed by atoms with Crippen molar-refractivity contribution in [1.29, 1.82) is 0 Å². The zero-order chi connectivity index (χ0) is 19.6. The maximum atomic E-state index is 5.90. The van der Waals surface area contributed by atoms with Crippen LogP contribution in [0.1, 0.15) is 20.8 Å². The van der Waals surface area contributed by atoms with Crippen LogP contribution in [-0.4, -0.2) is 80.8 Å². The topological polar surface area (TPSA) is 52.1 Å². The van der Waals surface area contributed by atoms with Crippen LogP contribution in [0.2, 0.25) is 5.02 Å². The molecular weight excluding hydrogens is 362 g/mol. The molecule has 0 aliphatic carbocycles. The number of nitrogens with one attached hydrogen (secondary N) is 2. The highest BCUT2D eigenvalue weighted by atomic mass is 35.5. The van der Waals surface area contributed by atoms with Crippen LogP contribution in [0.3, 0.4) is 0 Å². The molecule has 2 atom stereocenters. The van der Waals surface area contributed by atoms with Crippen molar-refractivity contribution >= 4 is 17.6 Å². The first-order valence-corrected chi connectivity index (χ1v) is 10.2. The third-order valence-electron chi connectivity index (χ3n) is 4.97. The highest BCUT2D eigenvalue weighted by Gasteiger charge is 2.20. The normalized spacial score (nSPS) is 18.8. The van der Waals surface area contributed by atoms with Crippen LogP contribution in [0.5, 0.6) is 5.75 Å². The summed E-state index contributed by atoms with van der Waals surface area (Å²) < 4.78 is 5.89. The number of halogens is 1. The maximum Gasteiger partial charge on any atom is 0.191 e. The van der Waals surface area contributed by atoms with Gasteiger partial charge in [-0.05, 0) is 44.7 Å². The minimum Gasteiger partial charge on any atom is -0.489 e. The van der Waals surface area contributed by atoms with E-state index in [1.54, 1.807) is 7.05 Å². The van der Waals surface area contributed by atoms with Gasteiger partial charge in [-0.1, -0.05) is 18.5 Å². The van der Waals surface area contributed by atoms with Crippen molar-refractivity contribution in [3.63, 3.8) is 0 Å². The van der Waals surface area contributed by atoms with Crippen molar-refractivity contribution in [3.8, 4) is 5.75 Å². The van der Waals surface area contributed by atoms with Gasteiger partial charge in [0.25, 0.3) is 0 Å². The predicted molar refractivity (Wildman–Crippen MR) is 114 cm³/mol. The van der Waals surface area contributed by atoms with E-state index in [1.807, 2.05) is 31.2 Å². The Morgan fingerprint density at radius 3 is 2.33 bits per heavy atom. The van der Waals surface area contributed by atoms with E-state index in [1.165, 1.54) is 0 Å². The summed E-state index contributed by atoms with van der Waals surface area (Å²) in [6.45, 7) is 13.8. The van der Waals surface area contributed by atoms with Gasteiger partial charge in [0.2, 0.25) is 0 Å². The molecule has 1 aliphatic heterocycles. The van der Waals surface area contributed by atoms with Crippen molar-refractivity contribution in [3.05, 3.63) is 29.3 Å². The second kappa shape index (κ2) is 11.4. The molecule has 2 rings (SSSR count). The van der Waals surface area contributed by atoms with Crippen molar-refractivity contribution in [2.45, 2.75) is 32.9 Å². The highest BCUT2D eigenvalue weighted by Crippen LogP contribution is 2.16. The summed E-state index contributed by atoms with van der Waals surface area (Å²) in [5.74, 6) is 1.62. The van der Waals surface area contributed by atoms with E-state index in [9.17, 15) is 0 Å². The summed E-state index contributed by atoms with van der Waals surface area (Å²) in [5, 5.41) is 7.48. The molecule has 1 fully saturated rings. The molecule has 6 nitrogen and oxygen atoms in total. The number of hydrogen-bond acceptors (Lipinski definition) is 4. The van der Waals surface area contributed by atoms with E-state index in [0.29, 0.717) is 17.6 Å². The lowest BCUT2D eigenvalue weighted by Gasteiger charge is -2.37. The Hall–Kier alpha value is -1.50. The Kier molecular flexibility index (Phi) is 9.18. The average Bonchev–Trinajstić information content (AvgIpc) is 2.69. The van der Waals surface area contributed by atoms with Crippen LogP contribution in [0.15, 0.2) is 29.3 Å². The number of benzene rings is 1. The SMILES string of the molecule is CCN1CCN(C(C)CNC(=NC)NCC(C)Oc2ccc(Cl)cc2)CC1. The lowest BCUT2D eigenvalue weighted by Crippen LogP contribution is -2.53. The van der Waals surface area contributed by atoms with E-state index >= 15 is 0 Å². The van der Waals surface area contributed by atoms with Crippen molar-refractivity contribution < 1.29 is 4.74 Å². The number of rotatable bonds is 8. The van der Waals surface area contributed by atoms with E-state index in [4.69, 9.17) is 16.3 Å². The molecular formula is C20H34ClN5O. The van der Waals surface area contributed by atoms with Gasteiger partial charge in [-0.15, -0.1) is 0 Å². The molecule has 2 unspecified atom stereocenters. The zero-order valence-electron chi connectivity index (χ0n) is 17.0. The number of likely N-dealkylation sites (N-methyl/N-ethyl adjacent to an activating group) is 1. The van der Waals surface area contributed by atoms with E-state index in [0.717, 1.165) is 51.0 Å². The molecule has 0 radical (unpaired) electrons. The van der Waals surface area contributed by atoms with Gasteiger partial charge in [-0.25, -0.2) is 0 Å². The smallest absolute Gasteiger partial charge is 0.191 e. The van der Waals surface area contributed by atoms with Gasteiger partial charge in [0, 0.05) is 50.8 Å². The molecule has 0 saturated carbocycles. The standard InChI is InChI=1S/C20H34ClN5O/c1-5-25-10-12-26(13-11-25)16(2)14-23-20(22-4)24-15-17(3)27-19-8-6-18(21)7-9-19/h6-9,16-17H,5,10-15H2,1-4H3,(H2,22,23,24). The van der Waals surface area contributed by atoms with Gasteiger partial charge in [0.15, 0.2) is 5.96 Å². The summed E-state index contributed by atoms with van der Waals surface area (Å²) in [7, 11) is 1.80. The lowest BCUT2D eigenvalue weighted by atomic mass is 10.2. The van der Waals surface area contributed by atoms with Gasteiger partial charge in [0.05, 0.1) is 6.54 Å². The summed E-state index contributed by atoms with van der Waals surface area (Å²) in [6, 6.07) is 7.90. The van der Waals surface area contributed by atoms with Crippen LogP contribution in [-0.2, 0) is 0 Å². The Bertz CT molecular complexity index is 572. The molecule has 1 heterocycles. The Morgan fingerprint density at radius 1 is 1.11 bits per heavy atom. The third kappa shape index (κ3) is 7.56. The average molecular weight is 396 g/mol.